The summed E-state index contributed by atoms with van der Waals surface area (Å²) in [6, 6.07) is 2.03. The molecule has 0 aromatic carbocycles. The van der Waals surface area contributed by atoms with Crippen molar-refractivity contribution in [1.29, 1.82) is 0 Å². The fourth-order valence-corrected chi connectivity index (χ4v) is 1.90. The van der Waals surface area contributed by atoms with Gasteiger partial charge < -0.3 is 10.4 Å². The highest BCUT2D eigenvalue weighted by molar-refractivity contribution is 5.11. The Morgan fingerprint density at radius 3 is 3.15 bits per heavy atom. The molecular formula is C9H15N3O. The van der Waals surface area contributed by atoms with Crippen LogP contribution in [0.1, 0.15) is 11.6 Å². The maximum atomic E-state index is 9.13. The lowest BCUT2D eigenvalue weighted by Crippen LogP contribution is -2.15. The van der Waals surface area contributed by atoms with Gasteiger partial charge in [-0.3, -0.25) is 4.68 Å². The summed E-state index contributed by atoms with van der Waals surface area (Å²) in [5.41, 5.74) is 1.09. The van der Waals surface area contributed by atoms with E-state index in [0.717, 1.165) is 18.8 Å². The monoisotopic (exact) mass is 181 g/mol. The first-order valence-corrected chi connectivity index (χ1v) is 4.62. The van der Waals surface area contributed by atoms with Crippen LogP contribution in [0.3, 0.4) is 0 Å². The number of aliphatic hydroxyl groups is 1. The second-order valence-electron chi connectivity index (χ2n) is 3.62. The summed E-state index contributed by atoms with van der Waals surface area (Å²) >= 11 is 0. The second-order valence-corrected chi connectivity index (χ2v) is 3.62. The fourth-order valence-electron chi connectivity index (χ4n) is 1.90. The first-order chi connectivity index (χ1) is 6.31. The molecule has 0 bridgehead atoms. The molecule has 1 aromatic rings. The van der Waals surface area contributed by atoms with E-state index >= 15 is 0 Å². The lowest BCUT2D eigenvalue weighted by Gasteiger charge is -2.12. The van der Waals surface area contributed by atoms with Gasteiger partial charge in [0.05, 0.1) is 5.69 Å². The summed E-state index contributed by atoms with van der Waals surface area (Å²) in [6.07, 6.45) is 1.95. The van der Waals surface area contributed by atoms with Crippen molar-refractivity contribution < 1.29 is 5.11 Å². The van der Waals surface area contributed by atoms with E-state index in [9.17, 15) is 0 Å². The molecular weight excluding hydrogens is 166 g/mol. The molecule has 0 saturated carbocycles. The molecule has 2 rings (SSSR count). The zero-order chi connectivity index (χ0) is 9.26. The SMILES string of the molecule is Cn1ccc(C2CNCC2CO)n1. The first-order valence-electron chi connectivity index (χ1n) is 4.62. The predicted octanol–water partition coefficient (Wildman–Crippen LogP) is -0.285. The van der Waals surface area contributed by atoms with Gasteiger partial charge in [-0.2, -0.15) is 5.10 Å². The number of aliphatic hydroxyl groups excluding tert-OH is 1. The Morgan fingerprint density at radius 2 is 2.54 bits per heavy atom. The molecule has 1 aliphatic rings. The van der Waals surface area contributed by atoms with Gasteiger partial charge >= 0.3 is 0 Å². The highest BCUT2D eigenvalue weighted by Gasteiger charge is 2.29. The van der Waals surface area contributed by atoms with Crippen LogP contribution in [-0.4, -0.2) is 34.6 Å². The average molecular weight is 181 g/mol. The number of hydrogen-bond acceptors (Lipinski definition) is 3. The minimum Gasteiger partial charge on any atom is -0.396 e. The number of nitrogens with one attached hydrogen (secondary N) is 1. The maximum absolute atomic E-state index is 9.13. The lowest BCUT2D eigenvalue weighted by atomic mass is 9.94. The largest absolute Gasteiger partial charge is 0.396 e. The summed E-state index contributed by atoms with van der Waals surface area (Å²) in [4.78, 5) is 0. The molecule has 0 aliphatic carbocycles. The molecule has 4 heteroatoms. The molecule has 1 aromatic heterocycles. The van der Waals surface area contributed by atoms with Gasteiger partial charge in [-0.25, -0.2) is 0 Å². The van der Waals surface area contributed by atoms with Crippen LogP contribution >= 0.6 is 0 Å². The van der Waals surface area contributed by atoms with E-state index in [4.69, 9.17) is 5.11 Å². The second kappa shape index (κ2) is 3.47. The lowest BCUT2D eigenvalue weighted by molar-refractivity contribution is 0.225. The zero-order valence-corrected chi connectivity index (χ0v) is 7.77. The van der Waals surface area contributed by atoms with Gasteiger partial charge in [0.2, 0.25) is 0 Å². The van der Waals surface area contributed by atoms with Crippen molar-refractivity contribution in [2.24, 2.45) is 13.0 Å². The van der Waals surface area contributed by atoms with Crippen molar-refractivity contribution in [2.75, 3.05) is 19.7 Å². The summed E-state index contributed by atoms with van der Waals surface area (Å²) < 4.78 is 1.81. The Labute approximate surface area is 77.6 Å². The van der Waals surface area contributed by atoms with E-state index in [1.807, 2.05) is 24.0 Å². The Morgan fingerprint density at radius 1 is 1.69 bits per heavy atom. The smallest absolute Gasteiger partial charge is 0.0672 e. The van der Waals surface area contributed by atoms with Crippen molar-refractivity contribution >= 4 is 0 Å². The maximum Gasteiger partial charge on any atom is 0.0672 e. The van der Waals surface area contributed by atoms with Crippen LogP contribution in [0.5, 0.6) is 0 Å². The number of aryl methyl sites for hydroxylation is 1. The molecule has 1 saturated heterocycles. The molecule has 2 N–H and O–H groups in total. The van der Waals surface area contributed by atoms with Gasteiger partial charge in [0.1, 0.15) is 0 Å². The fraction of sp³-hybridized carbons (Fsp3) is 0.667. The molecule has 4 nitrogen and oxygen atoms in total. The molecule has 0 amide bonds. The summed E-state index contributed by atoms with van der Waals surface area (Å²) in [6.45, 7) is 2.08. The van der Waals surface area contributed by atoms with Crippen LogP contribution in [0, 0.1) is 5.92 Å². The van der Waals surface area contributed by atoms with Crippen molar-refractivity contribution in [3.63, 3.8) is 0 Å². The van der Waals surface area contributed by atoms with Crippen LogP contribution in [0.15, 0.2) is 12.3 Å². The van der Waals surface area contributed by atoms with E-state index in [2.05, 4.69) is 10.4 Å². The predicted molar refractivity (Wildman–Crippen MR) is 49.4 cm³/mol. The molecule has 72 valence electrons. The zero-order valence-electron chi connectivity index (χ0n) is 7.77. The Hall–Kier alpha value is -0.870. The van der Waals surface area contributed by atoms with E-state index in [1.165, 1.54) is 0 Å². The third-order valence-corrected chi connectivity index (χ3v) is 2.69. The third kappa shape index (κ3) is 1.59. The van der Waals surface area contributed by atoms with Gasteiger partial charge in [-0.05, 0) is 6.07 Å². The Kier molecular flexibility index (Phi) is 2.33. The Balaban J connectivity index is 2.15. The van der Waals surface area contributed by atoms with E-state index < -0.39 is 0 Å². The molecule has 13 heavy (non-hydrogen) atoms. The topological polar surface area (TPSA) is 50.1 Å². The van der Waals surface area contributed by atoms with Crippen LogP contribution in [0.25, 0.3) is 0 Å². The molecule has 2 heterocycles. The third-order valence-electron chi connectivity index (χ3n) is 2.69. The van der Waals surface area contributed by atoms with Crippen molar-refractivity contribution in [3.05, 3.63) is 18.0 Å². The van der Waals surface area contributed by atoms with Crippen LogP contribution in [0.4, 0.5) is 0 Å². The minimum absolute atomic E-state index is 0.244. The van der Waals surface area contributed by atoms with Crippen molar-refractivity contribution in [2.45, 2.75) is 5.92 Å². The van der Waals surface area contributed by atoms with Crippen LogP contribution in [-0.2, 0) is 7.05 Å². The molecule has 0 spiro atoms. The highest BCUT2D eigenvalue weighted by Crippen LogP contribution is 2.25. The first kappa shape index (κ1) is 8.72. The van der Waals surface area contributed by atoms with E-state index in [1.54, 1.807) is 0 Å². The van der Waals surface area contributed by atoms with Gasteiger partial charge in [0.25, 0.3) is 0 Å². The molecule has 1 aliphatic heterocycles. The molecule has 2 atom stereocenters. The number of hydrogen-bond donors (Lipinski definition) is 2. The standard InChI is InChI=1S/C9H15N3O/c1-12-3-2-9(11-12)8-5-10-4-7(8)6-13/h2-3,7-8,10,13H,4-6H2,1H3. The number of aromatic nitrogens is 2. The number of rotatable bonds is 2. The van der Waals surface area contributed by atoms with E-state index in [-0.39, 0.29) is 6.61 Å². The summed E-state index contributed by atoms with van der Waals surface area (Å²) in [7, 11) is 1.92. The molecule has 2 unspecified atom stereocenters. The highest BCUT2D eigenvalue weighted by atomic mass is 16.3. The Bertz CT molecular complexity index is 284. The molecule has 1 fully saturated rings. The van der Waals surface area contributed by atoms with Crippen LogP contribution < -0.4 is 5.32 Å². The van der Waals surface area contributed by atoms with Gasteiger partial charge in [0.15, 0.2) is 0 Å². The summed E-state index contributed by atoms with van der Waals surface area (Å²) in [5.74, 6) is 0.709. The average Bonchev–Trinajstić information content (AvgIpc) is 2.71. The quantitative estimate of drug-likeness (QED) is 0.659. The van der Waals surface area contributed by atoms with Gasteiger partial charge in [-0.1, -0.05) is 0 Å². The van der Waals surface area contributed by atoms with Crippen molar-refractivity contribution in [1.82, 2.24) is 15.1 Å². The minimum atomic E-state index is 0.244. The normalized spacial score (nSPS) is 28.2. The summed E-state index contributed by atoms with van der Waals surface area (Å²) in [5, 5.41) is 16.8. The van der Waals surface area contributed by atoms with Gasteiger partial charge in [0, 0.05) is 44.8 Å². The van der Waals surface area contributed by atoms with Gasteiger partial charge in [-0.15, -0.1) is 0 Å². The number of nitrogens with zero attached hydrogens (tertiary/aromatic N) is 2. The van der Waals surface area contributed by atoms with E-state index in [0.29, 0.717) is 11.8 Å². The van der Waals surface area contributed by atoms with Crippen molar-refractivity contribution in [3.8, 4) is 0 Å². The van der Waals surface area contributed by atoms with Crippen LogP contribution in [0.2, 0.25) is 0 Å². The molecule has 0 radical (unpaired) electrons.